The van der Waals surface area contributed by atoms with Gasteiger partial charge in [0.1, 0.15) is 33.6 Å². The van der Waals surface area contributed by atoms with Crippen LogP contribution in [-0.4, -0.2) is 94.7 Å². The number of carbonyl (C=O) groups excluding carboxylic acids is 5. The largest absolute Gasteiger partial charge is 0.456 e. The number of carbonyl (C=O) groups is 5. The van der Waals surface area contributed by atoms with Crippen LogP contribution < -0.4 is 20.4 Å². The monoisotopic (exact) mass is 1050 g/mol. The van der Waals surface area contributed by atoms with Crippen LogP contribution in [0.2, 0.25) is 0 Å². The normalized spacial score (nSPS) is 15.9. The molecule has 2 saturated heterocycles. The number of nitrogens with one attached hydrogen (secondary N) is 2. The van der Waals surface area contributed by atoms with Crippen molar-refractivity contribution in [2.75, 3.05) is 42.5 Å². The van der Waals surface area contributed by atoms with Gasteiger partial charge >= 0.3 is 18.0 Å². The van der Waals surface area contributed by atoms with Crippen LogP contribution in [0, 0.1) is 19.8 Å². The Bertz CT molecular complexity index is 2660. The van der Waals surface area contributed by atoms with Gasteiger partial charge in [-0.25, -0.2) is 24.4 Å². The Morgan fingerprint density at radius 1 is 0.608 bits per heavy atom. The van der Waals surface area contributed by atoms with Crippen molar-refractivity contribution in [1.82, 2.24) is 25.5 Å². The Balaban J connectivity index is 0.000000250. The summed E-state index contributed by atoms with van der Waals surface area (Å²) in [5, 5.41) is 7.49. The number of aromatic nitrogens is 2. The average molecular weight is 1050 g/mol. The fourth-order valence-corrected chi connectivity index (χ4v) is 10.5. The molecule has 7 rings (SSSR count). The number of esters is 2. The predicted octanol–water partition coefficient (Wildman–Crippen LogP) is 10.4. The number of aryl methyl sites for hydroxylation is 4. The molecule has 0 aliphatic carbocycles. The number of benzene rings is 3. The van der Waals surface area contributed by atoms with E-state index in [4.69, 9.17) is 14.2 Å². The van der Waals surface area contributed by atoms with Crippen molar-refractivity contribution in [2.24, 2.45) is 5.92 Å². The van der Waals surface area contributed by atoms with Gasteiger partial charge in [0.05, 0.1) is 17.3 Å². The standard InChI is InChI=1S/C32H40N4O5S.C25H35N3O3S/c1-6-10-23-13-15-24(16-14-23)19-33-28(37)26-20-35(30-34-22(2)27(42-30)29(38)41-32(3,4)5)17-18-36(26)31(39)40-21-25-11-8-7-9-12-25;1-6-8-18-10-12-19(13-11-18)15-26-22(29)20-9-7-14-28(16-20)24-27-17(2)21(32-24)23(30)31-25(3,4)5/h7-9,11-16,26H,6,10,17-21H2,1-5H3,(H,33,37);10-13,20H,6-9,14-16H2,1-5H3,(H,26,29)/t26-;20-/m11/s1. The summed E-state index contributed by atoms with van der Waals surface area (Å²) in [6.45, 7) is 22.3. The zero-order valence-electron chi connectivity index (χ0n) is 44.9. The lowest BCUT2D eigenvalue weighted by atomic mass is 9.97. The van der Waals surface area contributed by atoms with Gasteiger partial charge in [-0.1, -0.05) is 128 Å². The van der Waals surface area contributed by atoms with Crippen molar-refractivity contribution in [3.05, 3.63) is 128 Å². The number of amides is 3. The molecule has 15 nitrogen and oxygen atoms in total. The maximum absolute atomic E-state index is 13.6. The molecule has 2 aromatic heterocycles. The summed E-state index contributed by atoms with van der Waals surface area (Å²) in [4.78, 5) is 80.6. The number of hydrogen-bond acceptors (Lipinski definition) is 14. The van der Waals surface area contributed by atoms with E-state index in [-0.39, 0.29) is 43.4 Å². The first kappa shape index (κ1) is 57.0. The number of hydrogen-bond donors (Lipinski definition) is 2. The molecule has 17 heteroatoms. The number of rotatable bonds is 16. The average Bonchev–Trinajstić information content (AvgIpc) is 3.97. The number of ether oxygens (including phenoxy) is 3. The molecular formula is C57H75N7O8S2. The molecule has 0 unspecified atom stereocenters. The van der Waals surface area contributed by atoms with E-state index in [1.165, 1.54) is 38.7 Å². The lowest BCUT2D eigenvalue weighted by Crippen LogP contribution is -2.60. The molecule has 2 fully saturated rings. The fraction of sp³-hybridized carbons (Fsp3) is 0.491. The summed E-state index contributed by atoms with van der Waals surface area (Å²) in [6, 6.07) is 25.3. The van der Waals surface area contributed by atoms with Crippen LogP contribution in [0.1, 0.15) is 140 Å². The smallest absolute Gasteiger partial charge is 0.410 e. The molecule has 5 aromatic rings. The zero-order valence-corrected chi connectivity index (χ0v) is 46.5. The fourth-order valence-electron chi connectivity index (χ4n) is 8.49. The third-order valence-corrected chi connectivity index (χ3v) is 14.6. The highest BCUT2D eigenvalue weighted by Crippen LogP contribution is 2.32. The Morgan fingerprint density at radius 2 is 1.08 bits per heavy atom. The van der Waals surface area contributed by atoms with Crippen molar-refractivity contribution < 1.29 is 38.2 Å². The maximum atomic E-state index is 13.6. The second kappa shape index (κ2) is 26.2. The van der Waals surface area contributed by atoms with E-state index in [0.717, 1.165) is 66.9 Å². The van der Waals surface area contributed by atoms with E-state index in [2.05, 4.69) is 75.7 Å². The van der Waals surface area contributed by atoms with Gasteiger partial charge < -0.3 is 34.6 Å². The van der Waals surface area contributed by atoms with Gasteiger partial charge in [-0.2, -0.15) is 0 Å². The molecule has 2 aliphatic rings. The predicted molar refractivity (Wildman–Crippen MR) is 293 cm³/mol. The van der Waals surface area contributed by atoms with Gasteiger partial charge in [-0.05, 0) is 109 Å². The molecule has 3 aromatic carbocycles. The zero-order chi connectivity index (χ0) is 53.6. The minimum atomic E-state index is -0.810. The van der Waals surface area contributed by atoms with Crippen molar-refractivity contribution in [3.63, 3.8) is 0 Å². The summed E-state index contributed by atoms with van der Waals surface area (Å²) in [5.74, 6) is -1.05. The van der Waals surface area contributed by atoms with Crippen LogP contribution in [0.5, 0.6) is 0 Å². The first-order chi connectivity index (χ1) is 35.2. The number of nitrogens with zero attached hydrogens (tertiary/aromatic N) is 5. The van der Waals surface area contributed by atoms with Gasteiger partial charge in [0.2, 0.25) is 11.8 Å². The van der Waals surface area contributed by atoms with Gasteiger partial charge in [0.15, 0.2) is 10.3 Å². The number of thiazole rings is 2. The van der Waals surface area contributed by atoms with Crippen molar-refractivity contribution in [3.8, 4) is 0 Å². The molecule has 0 saturated carbocycles. The molecule has 0 spiro atoms. The molecule has 0 bridgehead atoms. The maximum Gasteiger partial charge on any atom is 0.410 e. The van der Waals surface area contributed by atoms with Crippen LogP contribution >= 0.6 is 22.7 Å². The van der Waals surface area contributed by atoms with Gasteiger partial charge in [-0.15, -0.1) is 0 Å². The summed E-state index contributed by atoms with van der Waals surface area (Å²) in [5.41, 5.74) is 5.62. The third kappa shape index (κ3) is 16.8. The summed E-state index contributed by atoms with van der Waals surface area (Å²) in [6.07, 6.45) is 5.53. The Hall–Kier alpha value is -6.33. The first-order valence-corrected chi connectivity index (χ1v) is 27.4. The number of piperidine rings is 1. The Labute approximate surface area is 445 Å². The summed E-state index contributed by atoms with van der Waals surface area (Å²) >= 11 is 2.59. The van der Waals surface area contributed by atoms with Crippen molar-refractivity contribution in [1.29, 1.82) is 0 Å². The highest BCUT2D eigenvalue weighted by atomic mass is 32.1. The van der Waals surface area contributed by atoms with E-state index >= 15 is 0 Å². The van der Waals surface area contributed by atoms with E-state index in [1.54, 1.807) is 6.92 Å². The second-order valence-electron chi connectivity index (χ2n) is 20.9. The van der Waals surface area contributed by atoms with Gasteiger partial charge in [0, 0.05) is 45.8 Å². The topological polar surface area (TPSA) is 173 Å². The molecular weight excluding hydrogens is 975 g/mol. The van der Waals surface area contributed by atoms with Crippen LogP contribution in [-0.2, 0) is 56.3 Å². The lowest BCUT2D eigenvalue weighted by molar-refractivity contribution is -0.126. The van der Waals surface area contributed by atoms with Crippen LogP contribution in [0.3, 0.4) is 0 Å². The quantitative estimate of drug-likeness (QED) is 0.0709. The van der Waals surface area contributed by atoms with E-state index in [9.17, 15) is 24.0 Å². The van der Waals surface area contributed by atoms with Crippen LogP contribution in [0.4, 0.5) is 15.1 Å². The Kier molecular flexibility index (Phi) is 20.2. The minimum Gasteiger partial charge on any atom is -0.456 e. The van der Waals surface area contributed by atoms with Crippen molar-refractivity contribution >= 4 is 62.8 Å². The lowest BCUT2D eigenvalue weighted by Gasteiger charge is -2.39. The molecule has 2 atom stereocenters. The molecule has 398 valence electrons. The summed E-state index contributed by atoms with van der Waals surface area (Å²) in [7, 11) is 0. The Morgan fingerprint density at radius 3 is 1.57 bits per heavy atom. The van der Waals surface area contributed by atoms with E-state index in [0.29, 0.717) is 52.5 Å². The molecule has 0 radical (unpaired) electrons. The molecule has 2 N–H and O–H groups in total. The van der Waals surface area contributed by atoms with E-state index in [1.807, 2.05) is 95.8 Å². The van der Waals surface area contributed by atoms with Gasteiger partial charge in [0.25, 0.3) is 0 Å². The SMILES string of the molecule is CCCc1ccc(CNC(=O)[C@@H]2CCCN(c3nc(C)c(C(=O)OC(C)(C)C)s3)C2)cc1.CCCc1ccc(CNC(=O)[C@H]2CN(c3nc(C)c(C(=O)OC(C)(C)C)s3)CCN2C(=O)OCc2ccccc2)cc1. The number of anilines is 2. The minimum absolute atomic E-state index is 0.0768. The second-order valence-corrected chi connectivity index (χ2v) is 22.8. The first-order valence-electron chi connectivity index (χ1n) is 25.8. The molecule has 3 amide bonds. The van der Waals surface area contributed by atoms with Crippen molar-refractivity contribution in [2.45, 2.75) is 145 Å². The molecule has 2 aliphatic heterocycles. The highest BCUT2D eigenvalue weighted by molar-refractivity contribution is 7.18. The molecule has 74 heavy (non-hydrogen) atoms. The summed E-state index contributed by atoms with van der Waals surface area (Å²) < 4.78 is 16.7. The van der Waals surface area contributed by atoms with Gasteiger partial charge in [-0.3, -0.25) is 14.5 Å². The highest BCUT2D eigenvalue weighted by Gasteiger charge is 2.38. The van der Waals surface area contributed by atoms with Crippen LogP contribution in [0.25, 0.3) is 0 Å². The molecule has 4 heterocycles. The number of piperazine rings is 1. The third-order valence-electron chi connectivity index (χ3n) is 12.3. The van der Waals surface area contributed by atoms with E-state index < -0.39 is 29.3 Å². The van der Waals surface area contributed by atoms with Crippen LogP contribution in [0.15, 0.2) is 78.9 Å².